The lowest BCUT2D eigenvalue weighted by molar-refractivity contribution is 0.218. The van der Waals surface area contributed by atoms with Crippen molar-refractivity contribution in [3.8, 4) is 11.5 Å². The van der Waals surface area contributed by atoms with E-state index < -0.39 is 10.0 Å². The molecule has 1 atom stereocenters. The lowest BCUT2D eigenvalue weighted by Gasteiger charge is -2.18. The Morgan fingerprint density at radius 2 is 1.96 bits per heavy atom. The first kappa shape index (κ1) is 19.0. The molecule has 146 valence electrons. The van der Waals surface area contributed by atoms with E-state index >= 15 is 0 Å². The highest BCUT2D eigenvalue weighted by Gasteiger charge is 2.34. The number of para-hydroxylation sites is 1. The summed E-state index contributed by atoms with van der Waals surface area (Å²) in [6.07, 6.45) is 2.08. The zero-order valence-electron chi connectivity index (χ0n) is 15.2. The van der Waals surface area contributed by atoms with Crippen molar-refractivity contribution >= 4 is 32.5 Å². The van der Waals surface area contributed by atoms with E-state index in [9.17, 15) is 8.42 Å². The molecule has 0 saturated carbocycles. The van der Waals surface area contributed by atoms with Crippen LogP contribution < -0.4 is 9.47 Å². The predicted molar refractivity (Wildman–Crippen MR) is 108 cm³/mol. The fraction of sp³-hybridized carbons (Fsp3) is 0.250. The highest BCUT2D eigenvalue weighted by molar-refractivity contribution is 7.89. The van der Waals surface area contributed by atoms with Gasteiger partial charge in [-0.15, -0.1) is 0 Å². The minimum Gasteiger partial charge on any atom is -0.495 e. The van der Waals surface area contributed by atoms with Crippen LogP contribution in [0.4, 0.5) is 0 Å². The summed E-state index contributed by atoms with van der Waals surface area (Å²) >= 11 is 6.09. The summed E-state index contributed by atoms with van der Waals surface area (Å²) in [6.45, 7) is 0.657. The van der Waals surface area contributed by atoms with Gasteiger partial charge in [0, 0.05) is 18.1 Å². The summed E-state index contributed by atoms with van der Waals surface area (Å²) in [5, 5.41) is 1.24. The molecular weight excluding hydrogens is 400 g/mol. The van der Waals surface area contributed by atoms with Crippen LogP contribution in [-0.2, 0) is 10.0 Å². The molecule has 0 unspecified atom stereocenters. The van der Waals surface area contributed by atoms with Gasteiger partial charge < -0.3 is 9.47 Å². The number of aromatic nitrogens is 1. The van der Waals surface area contributed by atoms with Crippen LogP contribution in [0.15, 0.2) is 59.6 Å². The maximum absolute atomic E-state index is 13.0. The summed E-state index contributed by atoms with van der Waals surface area (Å²) < 4.78 is 38.5. The van der Waals surface area contributed by atoms with Gasteiger partial charge in [-0.05, 0) is 36.8 Å². The Balaban J connectivity index is 1.52. The van der Waals surface area contributed by atoms with Crippen molar-refractivity contribution in [1.29, 1.82) is 0 Å². The molecule has 0 bridgehead atoms. The number of fused-ring (bicyclic) bond motifs is 1. The second-order valence-corrected chi connectivity index (χ2v) is 8.86. The van der Waals surface area contributed by atoms with Crippen LogP contribution in [0.5, 0.6) is 11.5 Å². The van der Waals surface area contributed by atoms with Crippen LogP contribution in [0, 0.1) is 0 Å². The fourth-order valence-electron chi connectivity index (χ4n) is 3.32. The number of rotatable bonds is 5. The van der Waals surface area contributed by atoms with E-state index in [4.69, 9.17) is 21.1 Å². The molecule has 4 rings (SSSR count). The Kier molecular flexibility index (Phi) is 5.14. The highest BCUT2D eigenvalue weighted by Crippen LogP contribution is 2.31. The molecule has 2 aromatic carbocycles. The second kappa shape index (κ2) is 7.58. The number of pyridine rings is 1. The minimum absolute atomic E-state index is 0.144. The Bertz CT molecular complexity index is 1110. The summed E-state index contributed by atoms with van der Waals surface area (Å²) in [6, 6.07) is 14.0. The maximum atomic E-state index is 13.0. The van der Waals surface area contributed by atoms with Crippen molar-refractivity contribution in [3.05, 3.63) is 59.8 Å². The third kappa shape index (κ3) is 3.53. The normalized spacial score (nSPS) is 17.7. The molecule has 1 saturated heterocycles. The number of hydrogen-bond acceptors (Lipinski definition) is 5. The quantitative estimate of drug-likeness (QED) is 0.631. The molecule has 1 aliphatic rings. The molecule has 0 amide bonds. The summed E-state index contributed by atoms with van der Waals surface area (Å²) in [5.41, 5.74) is 0.772. The van der Waals surface area contributed by atoms with Gasteiger partial charge in [0.1, 0.15) is 23.1 Å². The van der Waals surface area contributed by atoms with Crippen molar-refractivity contribution in [2.45, 2.75) is 17.4 Å². The summed E-state index contributed by atoms with van der Waals surface area (Å²) in [4.78, 5) is 4.53. The number of ether oxygens (including phenoxy) is 2. The smallest absolute Gasteiger partial charge is 0.243 e. The van der Waals surface area contributed by atoms with Crippen LogP contribution in [-0.4, -0.2) is 44.0 Å². The van der Waals surface area contributed by atoms with Crippen molar-refractivity contribution in [1.82, 2.24) is 9.29 Å². The number of methoxy groups -OCH3 is 1. The summed E-state index contributed by atoms with van der Waals surface area (Å²) in [5.74, 6) is 1.10. The maximum Gasteiger partial charge on any atom is 0.243 e. The molecule has 3 aromatic rings. The second-order valence-electron chi connectivity index (χ2n) is 6.52. The first-order chi connectivity index (χ1) is 13.5. The van der Waals surface area contributed by atoms with E-state index in [1.54, 1.807) is 12.3 Å². The molecule has 0 N–H and O–H groups in total. The topological polar surface area (TPSA) is 68.7 Å². The standard InChI is InChI=1S/C20H19ClN2O4S/c1-26-18-8-7-16(12-17(18)21)28(24,25)23-11-9-15(13-23)27-19-6-2-4-14-5-3-10-22-20(14)19/h2-8,10,12,15H,9,11,13H2,1H3/t15-/m0/s1. The lowest BCUT2D eigenvalue weighted by atomic mass is 10.2. The largest absolute Gasteiger partial charge is 0.495 e. The Morgan fingerprint density at radius 1 is 1.14 bits per heavy atom. The van der Waals surface area contributed by atoms with E-state index in [1.165, 1.54) is 23.5 Å². The molecule has 6 nitrogen and oxygen atoms in total. The number of nitrogens with zero attached hydrogens (tertiary/aromatic N) is 2. The first-order valence-corrected chi connectivity index (χ1v) is 10.6. The van der Waals surface area contributed by atoms with E-state index in [0.717, 1.165) is 10.9 Å². The molecule has 0 aliphatic carbocycles. The van der Waals surface area contributed by atoms with Gasteiger partial charge in [0.25, 0.3) is 0 Å². The fourth-order valence-corrected chi connectivity index (χ4v) is 5.16. The van der Waals surface area contributed by atoms with Gasteiger partial charge in [0.15, 0.2) is 0 Å². The third-order valence-corrected chi connectivity index (χ3v) is 6.91. The van der Waals surface area contributed by atoms with Gasteiger partial charge in [0.05, 0.1) is 23.6 Å². The molecule has 8 heteroatoms. The number of benzene rings is 2. The van der Waals surface area contributed by atoms with E-state index in [-0.39, 0.29) is 22.6 Å². The SMILES string of the molecule is COc1ccc(S(=O)(=O)N2CC[C@H](Oc3cccc4cccnc34)C2)cc1Cl. The first-order valence-electron chi connectivity index (χ1n) is 8.83. The van der Waals surface area contributed by atoms with Crippen LogP contribution in [0.25, 0.3) is 10.9 Å². The van der Waals surface area contributed by atoms with Gasteiger partial charge in [-0.3, -0.25) is 4.98 Å². The minimum atomic E-state index is -3.66. The van der Waals surface area contributed by atoms with Crippen molar-refractivity contribution in [3.63, 3.8) is 0 Å². The monoisotopic (exact) mass is 418 g/mol. The van der Waals surface area contributed by atoms with Gasteiger partial charge in [0.2, 0.25) is 10.0 Å². The lowest BCUT2D eigenvalue weighted by Crippen LogP contribution is -2.31. The highest BCUT2D eigenvalue weighted by atomic mass is 35.5. The van der Waals surface area contributed by atoms with E-state index in [2.05, 4.69) is 4.98 Å². The molecule has 2 heterocycles. The van der Waals surface area contributed by atoms with E-state index in [0.29, 0.717) is 24.5 Å². The average Bonchev–Trinajstić information content (AvgIpc) is 3.17. The van der Waals surface area contributed by atoms with Crippen molar-refractivity contribution in [2.75, 3.05) is 20.2 Å². The summed E-state index contributed by atoms with van der Waals surface area (Å²) in [7, 11) is -2.17. The van der Waals surface area contributed by atoms with Crippen LogP contribution >= 0.6 is 11.6 Å². The average molecular weight is 419 g/mol. The molecular formula is C20H19ClN2O4S. The number of halogens is 1. The third-order valence-electron chi connectivity index (χ3n) is 4.76. The predicted octanol–water partition coefficient (Wildman–Crippen LogP) is 3.74. The molecule has 1 aliphatic heterocycles. The van der Waals surface area contributed by atoms with Crippen LogP contribution in [0.2, 0.25) is 5.02 Å². The molecule has 0 spiro atoms. The van der Waals surface area contributed by atoms with Crippen molar-refractivity contribution in [2.24, 2.45) is 0 Å². The van der Waals surface area contributed by atoms with Crippen LogP contribution in [0.3, 0.4) is 0 Å². The number of hydrogen-bond donors (Lipinski definition) is 0. The zero-order chi connectivity index (χ0) is 19.7. The Labute approximate surface area is 168 Å². The van der Waals surface area contributed by atoms with Gasteiger partial charge in [-0.2, -0.15) is 4.31 Å². The van der Waals surface area contributed by atoms with Crippen molar-refractivity contribution < 1.29 is 17.9 Å². The number of sulfonamides is 1. The zero-order valence-corrected chi connectivity index (χ0v) is 16.8. The molecule has 1 aromatic heterocycles. The van der Waals surface area contributed by atoms with Gasteiger partial charge in [-0.25, -0.2) is 8.42 Å². The molecule has 28 heavy (non-hydrogen) atoms. The van der Waals surface area contributed by atoms with Gasteiger partial charge >= 0.3 is 0 Å². The Morgan fingerprint density at radius 3 is 2.75 bits per heavy atom. The Hall–Kier alpha value is -2.35. The molecule has 1 fully saturated rings. The van der Waals surface area contributed by atoms with Crippen LogP contribution in [0.1, 0.15) is 6.42 Å². The molecule has 0 radical (unpaired) electrons. The van der Waals surface area contributed by atoms with Gasteiger partial charge in [-0.1, -0.05) is 29.8 Å². The van der Waals surface area contributed by atoms with E-state index in [1.807, 2.05) is 30.3 Å².